The molecule has 1 heteroatoms. The maximum Gasteiger partial charge on any atom is 0.180 e. The van der Waals surface area contributed by atoms with Crippen LogP contribution in [0.25, 0.3) is 11.1 Å². The minimum Gasteiger partial charge on any atom is -0.0623 e. The topological polar surface area (TPSA) is 0 Å². The highest BCUT2D eigenvalue weighted by molar-refractivity contribution is 7.22. The first-order valence-electron chi connectivity index (χ1n) is 12.0. The normalized spacial score (nSPS) is 14.6. The van der Waals surface area contributed by atoms with Crippen molar-refractivity contribution in [3.8, 4) is 11.1 Å². The lowest BCUT2D eigenvalue weighted by molar-refractivity contribution is 0.589. The summed E-state index contributed by atoms with van der Waals surface area (Å²) in [5, 5.41) is 5.97. The molecule has 0 aromatic heterocycles. The molecule has 1 aliphatic heterocycles. The van der Waals surface area contributed by atoms with Crippen molar-refractivity contribution in [3.63, 3.8) is 0 Å². The summed E-state index contributed by atoms with van der Waals surface area (Å²) in [4.78, 5) is 0. The fourth-order valence-corrected chi connectivity index (χ4v) is 10.6. The summed E-state index contributed by atoms with van der Waals surface area (Å²) in [6.45, 7) is 13.9. The zero-order valence-electron chi connectivity index (χ0n) is 20.7. The third-order valence-electron chi connectivity index (χ3n) is 7.28. The molecule has 0 radical (unpaired) electrons. The van der Waals surface area contributed by atoms with Gasteiger partial charge in [-0.1, -0.05) is 139 Å². The van der Waals surface area contributed by atoms with Gasteiger partial charge in [0.05, 0.1) is 0 Å². The number of benzene rings is 4. The van der Waals surface area contributed by atoms with Crippen LogP contribution in [0.5, 0.6) is 0 Å². The summed E-state index contributed by atoms with van der Waals surface area (Å²) in [5.41, 5.74) is 5.90. The maximum atomic E-state index is 2.49. The van der Waals surface area contributed by atoms with Gasteiger partial charge in [-0.3, -0.25) is 0 Å². The molecule has 0 fully saturated rings. The zero-order chi connectivity index (χ0) is 23.4. The van der Waals surface area contributed by atoms with E-state index in [1.807, 2.05) is 0 Å². The molecule has 1 heterocycles. The van der Waals surface area contributed by atoms with E-state index >= 15 is 0 Å². The Balaban J connectivity index is 1.94. The van der Waals surface area contributed by atoms with Gasteiger partial charge in [-0.05, 0) is 53.8 Å². The number of rotatable bonds is 2. The Morgan fingerprint density at radius 2 is 0.818 bits per heavy atom. The molecule has 0 N–H and O–H groups in total. The molecule has 4 aromatic rings. The van der Waals surface area contributed by atoms with E-state index in [1.165, 1.54) is 43.0 Å². The highest BCUT2D eigenvalue weighted by Gasteiger charge is 2.49. The zero-order valence-corrected chi connectivity index (χ0v) is 21.7. The lowest BCUT2D eigenvalue weighted by Gasteiger charge is -2.32. The fourth-order valence-electron chi connectivity index (χ4n) is 5.43. The molecule has 33 heavy (non-hydrogen) atoms. The third-order valence-corrected chi connectivity index (χ3v) is 12.2. The first-order valence-corrected chi connectivity index (χ1v) is 14.0. The lowest BCUT2D eigenvalue weighted by atomic mass is 9.83. The van der Waals surface area contributed by atoms with Crippen molar-refractivity contribution in [1.82, 2.24) is 0 Å². The lowest BCUT2D eigenvalue weighted by Crippen LogP contribution is -2.72. The molecule has 0 bridgehead atoms. The Morgan fingerprint density at radius 3 is 1.15 bits per heavy atom. The molecule has 0 saturated carbocycles. The molecule has 0 amide bonds. The largest absolute Gasteiger partial charge is 0.180 e. The standard InChI is InChI=1S/C32H34Si/c1-31(2,3)23-17-19-29-27(21-23)28-22-24(32(4,5)6)18-20-30(28)33(29,25-13-9-7-10-14-25)26-15-11-8-12-16-26/h7-22H,1-6H3. The Kier molecular flexibility index (Phi) is 5.03. The molecule has 0 spiro atoms. The van der Waals surface area contributed by atoms with Crippen LogP contribution in [0.15, 0.2) is 97.1 Å². The molecule has 0 atom stereocenters. The number of hydrogen-bond acceptors (Lipinski definition) is 0. The van der Waals surface area contributed by atoms with E-state index < -0.39 is 8.07 Å². The van der Waals surface area contributed by atoms with Gasteiger partial charge in [0.1, 0.15) is 0 Å². The second kappa shape index (κ2) is 7.57. The van der Waals surface area contributed by atoms with Crippen LogP contribution in [0, 0.1) is 0 Å². The molecule has 5 rings (SSSR count). The summed E-state index contributed by atoms with van der Waals surface area (Å²) >= 11 is 0. The fraction of sp³-hybridized carbons (Fsp3) is 0.250. The summed E-state index contributed by atoms with van der Waals surface area (Å²) in [7, 11) is -2.39. The highest BCUT2D eigenvalue weighted by atomic mass is 28.3. The minimum atomic E-state index is -2.39. The van der Waals surface area contributed by atoms with E-state index in [0.29, 0.717) is 0 Å². The predicted octanol–water partition coefficient (Wildman–Crippen LogP) is 5.64. The van der Waals surface area contributed by atoms with Crippen molar-refractivity contribution in [1.29, 1.82) is 0 Å². The van der Waals surface area contributed by atoms with Gasteiger partial charge in [-0.2, -0.15) is 0 Å². The van der Waals surface area contributed by atoms with Crippen LogP contribution in [0.3, 0.4) is 0 Å². The van der Waals surface area contributed by atoms with Crippen molar-refractivity contribution in [2.45, 2.75) is 52.4 Å². The van der Waals surface area contributed by atoms with E-state index in [1.54, 1.807) is 0 Å². The van der Waals surface area contributed by atoms with E-state index in [2.05, 4.69) is 139 Å². The molecular formula is C32H34Si. The Labute approximate surface area is 200 Å². The SMILES string of the molecule is CC(C)(C)c1ccc2c(c1)-c1cc(C(C)(C)C)ccc1[Si]2(c1ccccc1)c1ccccc1. The number of fused-ring (bicyclic) bond motifs is 3. The van der Waals surface area contributed by atoms with Gasteiger partial charge in [0.15, 0.2) is 8.07 Å². The smallest absolute Gasteiger partial charge is 0.0623 e. The molecule has 1 aliphatic rings. The average molecular weight is 447 g/mol. The molecule has 0 nitrogen and oxygen atoms in total. The number of hydrogen-bond donors (Lipinski definition) is 0. The Hall–Kier alpha value is -2.90. The van der Waals surface area contributed by atoms with Gasteiger partial charge in [0.2, 0.25) is 0 Å². The Morgan fingerprint density at radius 1 is 0.455 bits per heavy atom. The van der Waals surface area contributed by atoms with Gasteiger partial charge >= 0.3 is 0 Å². The first-order chi connectivity index (χ1) is 15.6. The summed E-state index contributed by atoms with van der Waals surface area (Å²) < 4.78 is 0. The summed E-state index contributed by atoms with van der Waals surface area (Å²) in [6.07, 6.45) is 0. The molecule has 0 aliphatic carbocycles. The van der Waals surface area contributed by atoms with E-state index in [-0.39, 0.29) is 10.8 Å². The van der Waals surface area contributed by atoms with Crippen molar-refractivity contribution >= 4 is 28.8 Å². The van der Waals surface area contributed by atoms with Crippen molar-refractivity contribution < 1.29 is 0 Å². The first kappa shape index (κ1) is 21.9. The maximum absolute atomic E-state index is 2.49. The quantitative estimate of drug-likeness (QED) is 0.308. The van der Waals surface area contributed by atoms with E-state index in [4.69, 9.17) is 0 Å². The van der Waals surface area contributed by atoms with Crippen molar-refractivity contribution in [2.24, 2.45) is 0 Å². The van der Waals surface area contributed by atoms with Crippen LogP contribution in [0.4, 0.5) is 0 Å². The van der Waals surface area contributed by atoms with Gasteiger partial charge < -0.3 is 0 Å². The summed E-state index contributed by atoms with van der Waals surface area (Å²) in [5.74, 6) is 0. The highest BCUT2D eigenvalue weighted by Crippen LogP contribution is 2.35. The van der Waals surface area contributed by atoms with Crippen LogP contribution in [-0.4, -0.2) is 8.07 Å². The predicted molar refractivity (Wildman–Crippen MR) is 146 cm³/mol. The van der Waals surface area contributed by atoms with Gasteiger partial charge in [-0.15, -0.1) is 0 Å². The molecule has 166 valence electrons. The molecule has 0 unspecified atom stereocenters. The van der Waals surface area contributed by atoms with Crippen LogP contribution < -0.4 is 20.7 Å². The van der Waals surface area contributed by atoms with Crippen LogP contribution >= 0.6 is 0 Å². The second-order valence-corrected chi connectivity index (χ2v) is 15.2. The van der Waals surface area contributed by atoms with Crippen LogP contribution in [0.1, 0.15) is 52.7 Å². The van der Waals surface area contributed by atoms with Crippen LogP contribution in [0.2, 0.25) is 0 Å². The average Bonchev–Trinajstić information content (AvgIpc) is 3.09. The minimum absolute atomic E-state index is 0.114. The van der Waals surface area contributed by atoms with E-state index in [9.17, 15) is 0 Å². The van der Waals surface area contributed by atoms with Crippen molar-refractivity contribution in [2.75, 3.05) is 0 Å². The molecule has 4 aromatic carbocycles. The second-order valence-electron chi connectivity index (χ2n) is 11.5. The molecular weight excluding hydrogens is 412 g/mol. The van der Waals surface area contributed by atoms with E-state index in [0.717, 1.165) is 0 Å². The Bertz CT molecular complexity index is 1200. The summed E-state index contributed by atoms with van der Waals surface area (Å²) in [6, 6.07) is 37.2. The third kappa shape index (κ3) is 3.41. The van der Waals surface area contributed by atoms with Gasteiger partial charge in [0.25, 0.3) is 0 Å². The van der Waals surface area contributed by atoms with Gasteiger partial charge in [-0.25, -0.2) is 0 Å². The van der Waals surface area contributed by atoms with Crippen LogP contribution in [-0.2, 0) is 10.8 Å². The monoisotopic (exact) mass is 446 g/mol. The van der Waals surface area contributed by atoms with Crippen molar-refractivity contribution in [3.05, 3.63) is 108 Å². The molecule has 0 saturated heterocycles. The van der Waals surface area contributed by atoms with Gasteiger partial charge in [0, 0.05) is 0 Å².